The molecule has 0 aromatic heterocycles. The molecule has 0 aromatic rings. The fourth-order valence-corrected chi connectivity index (χ4v) is 2.47. The van der Waals surface area contributed by atoms with Crippen molar-refractivity contribution >= 4 is 11.6 Å². The first-order valence-electron chi connectivity index (χ1n) is 8.34. The van der Waals surface area contributed by atoms with Crippen LogP contribution in [0.3, 0.4) is 0 Å². The van der Waals surface area contributed by atoms with Gasteiger partial charge in [-0.1, -0.05) is 26.5 Å². The van der Waals surface area contributed by atoms with Crippen molar-refractivity contribution in [2.75, 3.05) is 19.6 Å². The highest BCUT2D eigenvalue weighted by atomic mass is 16.2. The molecule has 0 aromatic carbocycles. The fourth-order valence-electron chi connectivity index (χ4n) is 2.47. The summed E-state index contributed by atoms with van der Waals surface area (Å²) in [5, 5.41) is 3.46. The van der Waals surface area contributed by atoms with E-state index in [9.17, 15) is 4.79 Å². The number of amides is 1. The van der Waals surface area contributed by atoms with Gasteiger partial charge in [0.2, 0.25) is 5.91 Å². The van der Waals surface area contributed by atoms with Crippen LogP contribution < -0.4 is 5.32 Å². The van der Waals surface area contributed by atoms with Gasteiger partial charge in [-0.15, -0.1) is 0 Å². The van der Waals surface area contributed by atoms with Crippen molar-refractivity contribution < 1.29 is 4.79 Å². The molecule has 0 saturated carbocycles. The van der Waals surface area contributed by atoms with Gasteiger partial charge in [0.15, 0.2) is 0 Å². The standard InChI is InChI=1S/C18H31N3O/c1-6-12-21(17(22)8-3)18(4,5)14-19-13-15(7-2)20-16-10-9-11-16/h8,10,19H,3,6-7,9,11-14H2,1-2,4-5H3. The number of nitrogens with one attached hydrogen (secondary N) is 1. The van der Waals surface area contributed by atoms with Crippen molar-refractivity contribution in [3.8, 4) is 0 Å². The van der Waals surface area contributed by atoms with Gasteiger partial charge in [-0.05, 0) is 45.6 Å². The first kappa shape index (κ1) is 18.6. The second-order valence-corrected chi connectivity index (χ2v) is 6.38. The summed E-state index contributed by atoms with van der Waals surface area (Å²) >= 11 is 0. The van der Waals surface area contributed by atoms with Crippen LogP contribution in [0.15, 0.2) is 29.4 Å². The zero-order valence-electron chi connectivity index (χ0n) is 14.6. The third kappa shape index (κ3) is 5.41. The molecule has 0 atom stereocenters. The Hall–Kier alpha value is -1.42. The highest BCUT2D eigenvalue weighted by Gasteiger charge is 2.28. The van der Waals surface area contributed by atoms with Gasteiger partial charge in [0, 0.05) is 36.6 Å². The second-order valence-electron chi connectivity index (χ2n) is 6.38. The van der Waals surface area contributed by atoms with Gasteiger partial charge < -0.3 is 10.2 Å². The van der Waals surface area contributed by atoms with Gasteiger partial charge in [0.25, 0.3) is 0 Å². The molecule has 0 unspecified atom stereocenters. The third-order valence-electron chi connectivity index (χ3n) is 4.00. The van der Waals surface area contributed by atoms with Gasteiger partial charge in [-0.25, -0.2) is 0 Å². The second kappa shape index (κ2) is 8.89. The summed E-state index contributed by atoms with van der Waals surface area (Å²) in [5.41, 5.74) is 2.15. The Morgan fingerprint density at radius 2 is 2.18 bits per heavy atom. The quantitative estimate of drug-likeness (QED) is 0.497. The van der Waals surface area contributed by atoms with Crippen molar-refractivity contribution in [3.05, 3.63) is 24.4 Å². The van der Waals surface area contributed by atoms with E-state index in [-0.39, 0.29) is 11.4 Å². The molecule has 1 amide bonds. The van der Waals surface area contributed by atoms with Gasteiger partial charge >= 0.3 is 0 Å². The Kier molecular flexibility index (Phi) is 7.52. The summed E-state index contributed by atoms with van der Waals surface area (Å²) in [6, 6.07) is 0. The number of rotatable bonds is 10. The van der Waals surface area contributed by atoms with Crippen molar-refractivity contribution in [3.63, 3.8) is 0 Å². The molecule has 0 aliphatic heterocycles. The van der Waals surface area contributed by atoms with Gasteiger partial charge in [0.05, 0.1) is 0 Å². The van der Waals surface area contributed by atoms with Gasteiger partial charge in [-0.3, -0.25) is 9.79 Å². The highest BCUT2D eigenvalue weighted by molar-refractivity contribution is 5.88. The molecule has 1 aliphatic carbocycles. The lowest BCUT2D eigenvalue weighted by molar-refractivity contribution is -0.131. The number of carbonyl (C=O) groups excluding carboxylic acids is 1. The van der Waals surface area contributed by atoms with E-state index >= 15 is 0 Å². The smallest absolute Gasteiger partial charge is 0.246 e. The lowest BCUT2D eigenvalue weighted by Gasteiger charge is -2.38. The van der Waals surface area contributed by atoms with Gasteiger partial charge in [0.1, 0.15) is 0 Å². The Morgan fingerprint density at radius 1 is 1.50 bits per heavy atom. The van der Waals surface area contributed by atoms with Gasteiger partial charge in [-0.2, -0.15) is 0 Å². The number of allylic oxidation sites excluding steroid dienone is 2. The predicted molar refractivity (Wildman–Crippen MR) is 94.2 cm³/mol. The molecule has 0 bridgehead atoms. The maximum absolute atomic E-state index is 12.0. The maximum atomic E-state index is 12.0. The summed E-state index contributed by atoms with van der Waals surface area (Å²) in [4.78, 5) is 18.6. The minimum Gasteiger partial charge on any atom is -0.333 e. The van der Waals surface area contributed by atoms with Crippen LogP contribution in [0.4, 0.5) is 0 Å². The molecule has 0 fully saturated rings. The SMILES string of the molecule is C=CC(=O)N(CCC)C(C)(C)CNCC(CC)=NC1=CCC1. The third-order valence-corrected chi connectivity index (χ3v) is 4.00. The van der Waals surface area contributed by atoms with Crippen LogP contribution in [0, 0.1) is 0 Å². The molecule has 1 aliphatic rings. The van der Waals surface area contributed by atoms with Crippen molar-refractivity contribution in [1.82, 2.24) is 10.2 Å². The van der Waals surface area contributed by atoms with E-state index in [4.69, 9.17) is 0 Å². The Balaban J connectivity index is 2.57. The van der Waals surface area contributed by atoms with Crippen LogP contribution in [0.1, 0.15) is 53.4 Å². The molecule has 1 rings (SSSR count). The lowest BCUT2D eigenvalue weighted by Crippen LogP contribution is -2.53. The predicted octanol–water partition coefficient (Wildman–Crippen LogP) is 3.31. The number of aliphatic imine (C=N–C) groups is 1. The molecule has 4 nitrogen and oxygen atoms in total. The largest absolute Gasteiger partial charge is 0.333 e. The number of nitrogens with zero attached hydrogens (tertiary/aromatic N) is 2. The van der Waals surface area contributed by atoms with E-state index in [1.807, 2.05) is 4.90 Å². The summed E-state index contributed by atoms with van der Waals surface area (Å²) < 4.78 is 0. The van der Waals surface area contributed by atoms with E-state index in [1.165, 1.54) is 17.5 Å². The average Bonchev–Trinajstić information content (AvgIpc) is 2.45. The molecule has 0 heterocycles. The van der Waals surface area contributed by atoms with Crippen LogP contribution in [-0.4, -0.2) is 41.7 Å². The zero-order valence-corrected chi connectivity index (χ0v) is 14.6. The van der Waals surface area contributed by atoms with Crippen LogP contribution in [0.25, 0.3) is 0 Å². The van der Waals surface area contributed by atoms with E-state index in [0.29, 0.717) is 0 Å². The average molecular weight is 305 g/mol. The molecule has 0 saturated heterocycles. The number of hydrogen-bond donors (Lipinski definition) is 1. The molecule has 22 heavy (non-hydrogen) atoms. The molecule has 4 heteroatoms. The van der Waals surface area contributed by atoms with Crippen molar-refractivity contribution in [2.24, 2.45) is 4.99 Å². The summed E-state index contributed by atoms with van der Waals surface area (Å²) in [5.74, 6) is -0.00217. The zero-order chi connectivity index (χ0) is 16.6. The Bertz CT molecular complexity index is 449. The van der Waals surface area contributed by atoms with Crippen molar-refractivity contribution in [2.45, 2.75) is 58.9 Å². The highest BCUT2D eigenvalue weighted by Crippen LogP contribution is 2.19. The summed E-state index contributed by atoms with van der Waals surface area (Å²) in [6.45, 7) is 14.3. The molecule has 1 N–H and O–H groups in total. The lowest BCUT2D eigenvalue weighted by atomic mass is 10.0. The topological polar surface area (TPSA) is 44.7 Å². The molecule has 0 radical (unpaired) electrons. The number of carbonyl (C=O) groups is 1. The minimum absolute atomic E-state index is 0.00217. The summed E-state index contributed by atoms with van der Waals surface area (Å²) in [7, 11) is 0. The molecule has 0 spiro atoms. The van der Waals surface area contributed by atoms with E-state index in [2.05, 4.69) is 50.7 Å². The first-order valence-corrected chi connectivity index (χ1v) is 8.34. The van der Waals surface area contributed by atoms with E-state index in [1.54, 1.807) is 0 Å². The van der Waals surface area contributed by atoms with Crippen LogP contribution in [-0.2, 0) is 4.79 Å². The van der Waals surface area contributed by atoms with Crippen molar-refractivity contribution in [1.29, 1.82) is 0 Å². The molecule has 124 valence electrons. The van der Waals surface area contributed by atoms with Crippen LogP contribution >= 0.6 is 0 Å². The molecular weight excluding hydrogens is 274 g/mol. The van der Waals surface area contributed by atoms with E-state index in [0.717, 1.165) is 45.3 Å². The van der Waals surface area contributed by atoms with E-state index < -0.39 is 0 Å². The Morgan fingerprint density at radius 3 is 2.64 bits per heavy atom. The first-order chi connectivity index (χ1) is 10.4. The normalized spacial score (nSPS) is 15.1. The summed E-state index contributed by atoms with van der Waals surface area (Å²) in [6.07, 6.45) is 7.75. The number of hydrogen-bond acceptors (Lipinski definition) is 3. The Labute approximate surface area is 135 Å². The van der Waals surface area contributed by atoms with Crippen LogP contribution in [0.5, 0.6) is 0 Å². The van der Waals surface area contributed by atoms with Crippen LogP contribution in [0.2, 0.25) is 0 Å². The maximum Gasteiger partial charge on any atom is 0.246 e. The monoisotopic (exact) mass is 305 g/mol. The minimum atomic E-state index is -0.240. The fraction of sp³-hybridized carbons (Fsp3) is 0.667. The molecular formula is C18H31N3O.